The normalized spacial score (nSPS) is 10.8. The minimum Gasteiger partial charge on any atom is -0.326 e. The lowest BCUT2D eigenvalue weighted by Gasteiger charge is -2.08. The molecule has 1 aromatic heterocycles. The topological polar surface area (TPSA) is 43.8 Å². The SMILES string of the molecule is CCCc1c(CN)cnn1-c1cccc(F)c1. The molecule has 2 aromatic rings. The summed E-state index contributed by atoms with van der Waals surface area (Å²) in [5.41, 5.74) is 8.51. The number of halogens is 1. The monoisotopic (exact) mass is 233 g/mol. The molecular weight excluding hydrogens is 217 g/mol. The minimum absolute atomic E-state index is 0.255. The van der Waals surface area contributed by atoms with Gasteiger partial charge in [0.05, 0.1) is 11.9 Å². The van der Waals surface area contributed by atoms with Crippen LogP contribution in [0.3, 0.4) is 0 Å². The maximum atomic E-state index is 13.2. The van der Waals surface area contributed by atoms with Crippen LogP contribution in [0.5, 0.6) is 0 Å². The van der Waals surface area contributed by atoms with E-state index < -0.39 is 0 Å². The lowest BCUT2D eigenvalue weighted by atomic mass is 10.1. The van der Waals surface area contributed by atoms with E-state index >= 15 is 0 Å². The summed E-state index contributed by atoms with van der Waals surface area (Å²) >= 11 is 0. The fourth-order valence-electron chi connectivity index (χ4n) is 1.91. The van der Waals surface area contributed by atoms with E-state index in [0.29, 0.717) is 6.54 Å². The molecule has 0 unspecified atom stereocenters. The van der Waals surface area contributed by atoms with Gasteiger partial charge in [0.15, 0.2) is 0 Å². The number of rotatable bonds is 4. The summed E-state index contributed by atoms with van der Waals surface area (Å²) in [4.78, 5) is 0. The van der Waals surface area contributed by atoms with Crippen molar-refractivity contribution in [2.45, 2.75) is 26.3 Å². The molecule has 0 radical (unpaired) electrons. The smallest absolute Gasteiger partial charge is 0.125 e. The van der Waals surface area contributed by atoms with Gasteiger partial charge in [-0.25, -0.2) is 9.07 Å². The molecule has 0 atom stereocenters. The van der Waals surface area contributed by atoms with Gasteiger partial charge >= 0.3 is 0 Å². The van der Waals surface area contributed by atoms with Crippen LogP contribution in [0.1, 0.15) is 24.6 Å². The second-order valence-electron chi connectivity index (χ2n) is 3.96. The zero-order chi connectivity index (χ0) is 12.3. The van der Waals surface area contributed by atoms with Crippen molar-refractivity contribution in [1.82, 2.24) is 9.78 Å². The van der Waals surface area contributed by atoms with E-state index in [0.717, 1.165) is 29.8 Å². The fourth-order valence-corrected chi connectivity index (χ4v) is 1.91. The van der Waals surface area contributed by atoms with Crippen molar-refractivity contribution in [2.24, 2.45) is 5.73 Å². The molecule has 0 aliphatic rings. The Kier molecular flexibility index (Phi) is 3.54. The summed E-state index contributed by atoms with van der Waals surface area (Å²) in [7, 11) is 0. The Bertz CT molecular complexity index is 505. The van der Waals surface area contributed by atoms with E-state index in [4.69, 9.17) is 5.73 Å². The second kappa shape index (κ2) is 5.10. The van der Waals surface area contributed by atoms with Crippen molar-refractivity contribution in [2.75, 3.05) is 0 Å². The summed E-state index contributed by atoms with van der Waals surface area (Å²) in [6, 6.07) is 6.43. The van der Waals surface area contributed by atoms with E-state index in [1.165, 1.54) is 12.1 Å². The van der Waals surface area contributed by atoms with Crippen molar-refractivity contribution in [1.29, 1.82) is 0 Å². The molecule has 90 valence electrons. The molecule has 0 aliphatic carbocycles. The van der Waals surface area contributed by atoms with Crippen molar-refractivity contribution < 1.29 is 4.39 Å². The zero-order valence-electron chi connectivity index (χ0n) is 9.86. The number of nitrogens with two attached hydrogens (primary N) is 1. The third-order valence-corrected chi connectivity index (χ3v) is 2.71. The van der Waals surface area contributed by atoms with Crippen molar-refractivity contribution in [3.8, 4) is 5.69 Å². The first kappa shape index (κ1) is 11.8. The van der Waals surface area contributed by atoms with Gasteiger partial charge in [0, 0.05) is 17.8 Å². The van der Waals surface area contributed by atoms with Crippen LogP contribution in [0.15, 0.2) is 30.5 Å². The van der Waals surface area contributed by atoms with Gasteiger partial charge in [-0.05, 0) is 24.6 Å². The van der Waals surface area contributed by atoms with Gasteiger partial charge in [-0.3, -0.25) is 0 Å². The van der Waals surface area contributed by atoms with Crippen molar-refractivity contribution >= 4 is 0 Å². The van der Waals surface area contributed by atoms with Crippen LogP contribution in [0.4, 0.5) is 4.39 Å². The minimum atomic E-state index is -0.255. The van der Waals surface area contributed by atoms with Crippen LogP contribution >= 0.6 is 0 Å². The van der Waals surface area contributed by atoms with Crippen LogP contribution in [0, 0.1) is 5.82 Å². The maximum Gasteiger partial charge on any atom is 0.125 e. The summed E-state index contributed by atoms with van der Waals surface area (Å²) in [6.07, 6.45) is 3.66. The fraction of sp³-hybridized carbons (Fsp3) is 0.308. The van der Waals surface area contributed by atoms with Gasteiger partial charge in [-0.2, -0.15) is 5.10 Å². The lowest BCUT2D eigenvalue weighted by molar-refractivity contribution is 0.624. The predicted molar refractivity (Wildman–Crippen MR) is 65.4 cm³/mol. The Morgan fingerprint density at radius 2 is 2.24 bits per heavy atom. The summed E-state index contributed by atoms with van der Waals surface area (Å²) in [5, 5.41) is 4.29. The molecule has 0 saturated heterocycles. The van der Waals surface area contributed by atoms with Crippen molar-refractivity contribution in [3.63, 3.8) is 0 Å². The Morgan fingerprint density at radius 3 is 2.88 bits per heavy atom. The van der Waals surface area contributed by atoms with Crippen molar-refractivity contribution in [3.05, 3.63) is 47.5 Å². The highest BCUT2D eigenvalue weighted by molar-refractivity contribution is 5.35. The van der Waals surface area contributed by atoms with Crippen LogP contribution in [-0.2, 0) is 13.0 Å². The molecule has 0 spiro atoms. The number of aromatic nitrogens is 2. The largest absolute Gasteiger partial charge is 0.326 e. The Labute approximate surface area is 100 Å². The quantitative estimate of drug-likeness (QED) is 0.881. The van der Waals surface area contributed by atoms with Gasteiger partial charge < -0.3 is 5.73 Å². The highest BCUT2D eigenvalue weighted by Crippen LogP contribution is 2.17. The Hall–Kier alpha value is -1.68. The Balaban J connectivity index is 2.47. The van der Waals surface area contributed by atoms with Crippen LogP contribution in [0.2, 0.25) is 0 Å². The van der Waals surface area contributed by atoms with Gasteiger partial charge in [0.25, 0.3) is 0 Å². The first-order valence-electron chi connectivity index (χ1n) is 5.78. The molecule has 2 rings (SSSR count). The first-order chi connectivity index (χ1) is 8.26. The molecule has 0 amide bonds. The average Bonchev–Trinajstić information content (AvgIpc) is 2.72. The maximum absolute atomic E-state index is 13.2. The zero-order valence-corrected chi connectivity index (χ0v) is 9.86. The molecule has 0 fully saturated rings. The standard InChI is InChI=1S/C13H16FN3/c1-2-4-13-10(8-15)9-16-17(13)12-6-3-5-11(14)7-12/h3,5-7,9H,2,4,8,15H2,1H3. The van der Waals surface area contributed by atoms with E-state index in [9.17, 15) is 4.39 Å². The van der Waals surface area contributed by atoms with E-state index in [-0.39, 0.29) is 5.82 Å². The molecule has 1 heterocycles. The summed E-state index contributed by atoms with van der Waals surface area (Å²) in [6.45, 7) is 2.56. The highest BCUT2D eigenvalue weighted by atomic mass is 19.1. The predicted octanol–water partition coefficient (Wildman–Crippen LogP) is 2.42. The number of benzene rings is 1. The molecule has 1 aromatic carbocycles. The summed E-state index contributed by atoms with van der Waals surface area (Å²) in [5.74, 6) is -0.255. The highest BCUT2D eigenvalue weighted by Gasteiger charge is 2.10. The van der Waals surface area contributed by atoms with Crippen LogP contribution in [0.25, 0.3) is 5.69 Å². The van der Waals surface area contributed by atoms with E-state index in [2.05, 4.69) is 12.0 Å². The molecule has 3 nitrogen and oxygen atoms in total. The molecule has 2 N–H and O–H groups in total. The first-order valence-corrected chi connectivity index (χ1v) is 5.78. The van der Waals surface area contributed by atoms with Gasteiger partial charge in [-0.1, -0.05) is 19.4 Å². The average molecular weight is 233 g/mol. The van der Waals surface area contributed by atoms with Gasteiger partial charge in [-0.15, -0.1) is 0 Å². The number of hydrogen-bond acceptors (Lipinski definition) is 2. The number of hydrogen-bond donors (Lipinski definition) is 1. The molecule has 0 aliphatic heterocycles. The molecule has 4 heteroatoms. The van der Waals surface area contributed by atoms with Gasteiger partial charge in [0.2, 0.25) is 0 Å². The third kappa shape index (κ3) is 2.36. The molecule has 0 bridgehead atoms. The Morgan fingerprint density at radius 1 is 1.41 bits per heavy atom. The number of nitrogens with zero attached hydrogens (tertiary/aromatic N) is 2. The molecule has 17 heavy (non-hydrogen) atoms. The molecule has 0 saturated carbocycles. The molecular formula is C13H16FN3. The van der Waals surface area contributed by atoms with E-state index in [1.54, 1.807) is 16.9 Å². The third-order valence-electron chi connectivity index (χ3n) is 2.71. The summed E-state index contributed by atoms with van der Waals surface area (Å²) < 4.78 is 15.0. The second-order valence-corrected chi connectivity index (χ2v) is 3.96. The van der Waals surface area contributed by atoms with E-state index in [1.807, 2.05) is 6.07 Å². The van der Waals surface area contributed by atoms with Gasteiger partial charge in [0.1, 0.15) is 5.82 Å². The van der Waals surface area contributed by atoms with Crippen LogP contribution in [-0.4, -0.2) is 9.78 Å². The lowest BCUT2D eigenvalue weighted by Crippen LogP contribution is -2.06. The van der Waals surface area contributed by atoms with Crippen LogP contribution < -0.4 is 5.73 Å².